The van der Waals surface area contributed by atoms with Crippen LogP contribution in [0.1, 0.15) is 0 Å². The highest BCUT2D eigenvalue weighted by molar-refractivity contribution is 7.99. The molecular formula is C12H11FN4O2S. The van der Waals surface area contributed by atoms with Gasteiger partial charge in [0.05, 0.1) is 24.7 Å². The molecule has 0 atom stereocenters. The second-order valence-electron chi connectivity index (χ2n) is 4.35. The number of benzene rings is 1. The number of fused-ring (bicyclic) bond motifs is 1. The summed E-state index contributed by atoms with van der Waals surface area (Å²) in [6, 6.07) is 6.33. The van der Waals surface area contributed by atoms with E-state index in [9.17, 15) is 9.18 Å². The number of thioether (sulfide) groups is 1. The highest BCUT2D eigenvalue weighted by Gasteiger charge is 2.24. The number of hydrogen-bond donors (Lipinski definition) is 1. The third kappa shape index (κ3) is 2.39. The van der Waals surface area contributed by atoms with Crippen molar-refractivity contribution in [1.82, 2.24) is 19.7 Å². The van der Waals surface area contributed by atoms with Gasteiger partial charge in [0, 0.05) is 0 Å². The van der Waals surface area contributed by atoms with Gasteiger partial charge in [0.25, 0.3) is 0 Å². The van der Waals surface area contributed by atoms with Crippen LogP contribution >= 0.6 is 11.8 Å². The van der Waals surface area contributed by atoms with Gasteiger partial charge in [-0.25, -0.2) is 4.39 Å². The average molecular weight is 294 g/mol. The molecule has 0 aliphatic carbocycles. The SMILES string of the molecule is O=C(O)CN1CSc2nnc(-c3ccccc3F)n2C1. The topological polar surface area (TPSA) is 71.2 Å². The Morgan fingerprint density at radius 2 is 2.20 bits per heavy atom. The molecule has 1 aliphatic rings. The number of carbonyl (C=O) groups is 1. The van der Waals surface area contributed by atoms with Crippen LogP contribution in [0.25, 0.3) is 11.4 Å². The minimum absolute atomic E-state index is 0.0681. The van der Waals surface area contributed by atoms with Crippen LogP contribution in [-0.2, 0) is 11.5 Å². The Morgan fingerprint density at radius 3 is 2.95 bits per heavy atom. The van der Waals surface area contributed by atoms with E-state index >= 15 is 0 Å². The smallest absolute Gasteiger partial charge is 0.317 e. The normalized spacial score (nSPS) is 15.1. The summed E-state index contributed by atoms with van der Waals surface area (Å²) >= 11 is 1.39. The van der Waals surface area contributed by atoms with Crippen molar-refractivity contribution in [2.75, 3.05) is 12.4 Å². The van der Waals surface area contributed by atoms with Gasteiger partial charge in [-0.3, -0.25) is 14.3 Å². The molecule has 104 valence electrons. The third-order valence-electron chi connectivity index (χ3n) is 2.91. The monoisotopic (exact) mass is 294 g/mol. The van der Waals surface area contributed by atoms with Crippen molar-refractivity contribution in [3.63, 3.8) is 0 Å². The molecule has 0 fully saturated rings. The summed E-state index contributed by atoms with van der Waals surface area (Å²) in [4.78, 5) is 12.5. The number of nitrogens with zero attached hydrogens (tertiary/aromatic N) is 4. The van der Waals surface area contributed by atoms with E-state index in [2.05, 4.69) is 10.2 Å². The maximum atomic E-state index is 13.8. The molecule has 1 aliphatic heterocycles. The van der Waals surface area contributed by atoms with Crippen molar-refractivity contribution < 1.29 is 14.3 Å². The van der Waals surface area contributed by atoms with Crippen molar-refractivity contribution in [2.45, 2.75) is 11.8 Å². The van der Waals surface area contributed by atoms with Crippen molar-refractivity contribution in [1.29, 1.82) is 0 Å². The minimum Gasteiger partial charge on any atom is -0.480 e. The Bertz CT molecular complexity index is 661. The largest absolute Gasteiger partial charge is 0.480 e. The Balaban J connectivity index is 1.95. The van der Waals surface area contributed by atoms with Crippen LogP contribution in [0.15, 0.2) is 29.4 Å². The van der Waals surface area contributed by atoms with Gasteiger partial charge in [-0.1, -0.05) is 23.9 Å². The standard InChI is InChI=1S/C12H11FN4O2S/c13-9-4-2-1-3-8(9)11-14-15-12-17(11)6-16(7-20-12)5-10(18)19/h1-4H,5-7H2,(H,18,19). The predicted octanol–water partition coefficient (Wildman–Crippen LogP) is 1.49. The summed E-state index contributed by atoms with van der Waals surface area (Å²) in [6.45, 7) is 0.270. The molecule has 2 aromatic rings. The molecule has 0 saturated heterocycles. The van der Waals surface area contributed by atoms with Gasteiger partial charge in [-0.15, -0.1) is 10.2 Å². The molecule has 0 radical (unpaired) electrons. The van der Waals surface area contributed by atoms with Crippen LogP contribution in [0.4, 0.5) is 4.39 Å². The van der Waals surface area contributed by atoms with Crippen LogP contribution < -0.4 is 0 Å². The predicted molar refractivity (Wildman–Crippen MR) is 70.5 cm³/mol. The molecular weight excluding hydrogens is 283 g/mol. The first kappa shape index (κ1) is 13.1. The summed E-state index contributed by atoms with van der Waals surface area (Å²) < 4.78 is 15.6. The fraction of sp³-hybridized carbons (Fsp3) is 0.250. The van der Waals surface area contributed by atoms with E-state index in [1.165, 1.54) is 17.8 Å². The molecule has 2 heterocycles. The molecule has 0 bridgehead atoms. The van der Waals surface area contributed by atoms with Gasteiger partial charge in [-0.05, 0) is 12.1 Å². The highest BCUT2D eigenvalue weighted by atomic mass is 32.2. The molecule has 0 unspecified atom stereocenters. The summed E-state index contributed by atoms with van der Waals surface area (Å²) in [5.74, 6) is -0.319. The van der Waals surface area contributed by atoms with E-state index in [1.807, 2.05) is 0 Å². The van der Waals surface area contributed by atoms with E-state index in [4.69, 9.17) is 5.11 Å². The molecule has 1 aromatic heterocycles. The van der Waals surface area contributed by atoms with Gasteiger partial charge in [-0.2, -0.15) is 0 Å². The number of aromatic nitrogens is 3. The fourth-order valence-electron chi connectivity index (χ4n) is 2.04. The van der Waals surface area contributed by atoms with Crippen LogP contribution in [0, 0.1) is 5.82 Å². The van der Waals surface area contributed by atoms with Gasteiger partial charge in [0.1, 0.15) is 5.82 Å². The zero-order valence-electron chi connectivity index (χ0n) is 10.4. The Kier molecular flexibility index (Phi) is 3.41. The van der Waals surface area contributed by atoms with E-state index < -0.39 is 5.97 Å². The van der Waals surface area contributed by atoms with E-state index in [0.717, 1.165) is 0 Å². The zero-order chi connectivity index (χ0) is 14.1. The lowest BCUT2D eigenvalue weighted by Gasteiger charge is -2.26. The molecule has 3 rings (SSSR count). The van der Waals surface area contributed by atoms with E-state index in [1.54, 1.807) is 27.7 Å². The number of rotatable bonds is 3. The summed E-state index contributed by atoms with van der Waals surface area (Å²) in [7, 11) is 0. The molecule has 8 heteroatoms. The van der Waals surface area contributed by atoms with Crippen molar-refractivity contribution in [2.24, 2.45) is 0 Å². The fourth-order valence-corrected chi connectivity index (χ4v) is 2.91. The molecule has 0 amide bonds. The van der Waals surface area contributed by atoms with Gasteiger partial charge in [0.2, 0.25) is 0 Å². The molecule has 1 aromatic carbocycles. The van der Waals surface area contributed by atoms with Gasteiger partial charge in [0.15, 0.2) is 11.0 Å². The number of carboxylic acids is 1. The first-order valence-corrected chi connectivity index (χ1v) is 6.89. The average Bonchev–Trinajstić information content (AvgIpc) is 2.81. The molecule has 1 N–H and O–H groups in total. The number of hydrogen-bond acceptors (Lipinski definition) is 5. The molecule has 0 saturated carbocycles. The summed E-state index contributed by atoms with van der Waals surface area (Å²) in [5, 5.41) is 17.6. The van der Waals surface area contributed by atoms with Gasteiger partial charge < -0.3 is 5.11 Å². The first-order valence-electron chi connectivity index (χ1n) is 5.90. The van der Waals surface area contributed by atoms with Crippen molar-refractivity contribution in [3.05, 3.63) is 30.1 Å². The second-order valence-corrected chi connectivity index (χ2v) is 5.26. The quantitative estimate of drug-likeness (QED) is 0.925. The zero-order valence-corrected chi connectivity index (χ0v) is 11.2. The van der Waals surface area contributed by atoms with E-state index in [-0.39, 0.29) is 12.4 Å². The number of halogens is 1. The highest BCUT2D eigenvalue weighted by Crippen LogP contribution is 2.29. The third-order valence-corrected chi connectivity index (χ3v) is 3.96. The number of aliphatic carboxylic acids is 1. The van der Waals surface area contributed by atoms with Gasteiger partial charge >= 0.3 is 5.97 Å². The van der Waals surface area contributed by atoms with E-state index in [0.29, 0.717) is 29.1 Å². The summed E-state index contributed by atoms with van der Waals surface area (Å²) in [6.07, 6.45) is 0. The lowest BCUT2D eigenvalue weighted by atomic mass is 10.2. The Labute approximate surface area is 118 Å². The van der Waals surface area contributed by atoms with Crippen LogP contribution in [0.5, 0.6) is 0 Å². The lowest BCUT2D eigenvalue weighted by Crippen LogP contribution is -2.34. The molecule has 6 nitrogen and oxygen atoms in total. The van der Waals surface area contributed by atoms with Crippen LogP contribution in [-0.4, -0.2) is 43.2 Å². The Hall–Kier alpha value is -1.93. The molecule has 0 spiro atoms. The minimum atomic E-state index is -0.894. The molecule has 20 heavy (non-hydrogen) atoms. The maximum absolute atomic E-state index is 13.8. The lowest BCUT2D eigenvalue weighted by molar-refractivity contribution is -0.138. The van der Waals surface area contributed by atoms with Crippen LogP contribution in [0.2, 0.25) is 0 Å². The second kappa shape index (κ2) is 5.22. The van der Waals surface area contributed by atoms with Crippen LogP contribution in [0.3, 0.4) is 0 Å². The maximum Gasteiger partial charge on any atom is 0.317 e. The van der Waals surface area contributed by atoms with Crippen molar-refractivity contribution >= 4 is 17.7 Å². The van der Waals surface area contributed by atoms with Crippen molar-refractivity contribution in [3.8, 4) is 11.4 Å². The number of carboxylic acid groups (broad SMARTS) is 1. The Morgan fingerprint density at radius 1 is 1.40 bits per heavy atom. The summed E-state index contributed by atoms with van der Waals surface area (Å²) in [5.41, 5.74) is 0.365. The first-order chi connectivity index (χ1) is 9.65.